The predicted molar refractivity (Wildman–Crippen MR) is 107 cm³/mol. The standard InChI is InChI=1S/C21H27N5O2/c1-15-23-19-7-3-2-6-18(19)21(24-15)26-11-8-16(9-12-26)25-20(27)14-28-17-5-4-10-22-13-17/h4-5,10,13,16H,2-3,6-9,11-12,14H2,1H3,(H,25,27). The van der Waals surface area contributed by atoms with Crippen molar-refractivity contribution in [2.24, 2.45) is 0 Å². The van der Waals surface area contributed by atoms with Gasteiger partial charge in [0.05, 0.1) is 6.20 Å². The van der Waals surface area contributed by atoms with Gasteiger partial charge in [0.2, 0.25) is 0 Å². The number of carbonyl (C=O) groups is 1. The first-order valence-corrected chi connectivity index (χ1v) is 10.1. The molecule has 0 unspecified atom stereocenters. The Labute approximate surface area is 165 Å². The minimum atomic E-state index is -0.0856. The molecule has 28 heavy (non-hydrogen) atoms. The Balaban J connectivity index is 1.30. The van der Waals surface area contributed by atoms with Crippen LogP contribution in [-0.4, -0.2) is 46.6 Å². The zero-order valence-corrected chi connectivity index (χ0v) is 16.4. The third-order valence-corrected chi connectivity index (χ3v) is 5.44. The number of aromatic nitrogens is 3. The average molecular weight is 381 g/mol. The first kappa shape index (κ1) is 18.7. The summed E-state index contributed by atoms with van der Waals surface area (Å²) >= 11 is 0. The van der Waals surface area contributed by atoms with Crippen LogP contribution in [0.3, 0.4) is 0 Å². The topological polar surface area (TPSA) is 80.2 Å². The smallest absolute Gasteiger partial charge is 0.258 e. The molecule has 7 heteroatoms. The van der Waals surface area contributed by atoms with Crippen LogP contribution in [0.5, 0.6) is 5.75 Å². The SMILES string of the molecule is Cc1nc2c(c(N3CCC(NC(=O)COc4cccnc4)CC3)n1)CCCC2. The molecule has 0 spiro atoms. The third kappa shape index (κ3) is 4.40. The summed E-state index contributed by atoms with van der Waals surface area (Å²) in [6.07, 6.45) is 9.69. The van der Waals surface area contributed by atoms with E-state index in [0.29, 0.717) is 5.75 Å². The van der Waals surface area contributed by atoms with Gasteiger partial charge in [0, 0.05) is 36.6 Å². The van der Waals surface area contributed by atoms with E-state index in [0.717, 1.165) is 50.4 Å². The van der Waals surface area contributed by atoms with Gasteiger partial charge < -0.3 is 15.0 Å². The second-order valence-electron chi connectivity index (χ2n) is 7.53. The van der Waals surface area contributed by atoms with Crippen molar-refractivity contribution in [2.75, 3.05) is 24.6 Å². The van der Waals surface area contributed by atoms with Crippen LogP contribution < -0.4 is 15.0 Å². The molecule has 1 fully saturated rings. The molecular formula is C21H27N5O2. The monoisotopic (exact) mass is 381 g/mol. The zero-order chi connectivity index (χ0) is 19.3. The molecule has 4 rings (SSSR count). The van der Waals surface area contributed by atoms with Crippen LogP contribution in [0, 0.1) is 6.92 Å². The molecule has 148 valence electrons. The van der Waals surface area contributed by atoms with Crippen LogP contribution in [0.1, 0.15) is 42.8 Å². The molecule has 2 aromatic heterocycles. The van der Waals surface area contributed by atoms with Gasteiger partial charge in [-0.1, -0.05) is 0 Å². The van der Waals surface area contributed by atoms with Crippen LogP contribution in [0.25, 0.3) is 0 Å². The van der Waals surface area contributed by atoms with Crippen molar-refractivity contribution in [2.45, 2.75) is 51.5 Å². The van der Waals surface area contributed by atoms with Gasteiger partial charge in [-0.2, -0.15) is 0 Å². The molecule has 0 saturated carbocycles. The molecular weight excluding hydrogens is 354 g/mol. The molecule has 0 aromatic carbocycles. The Morgan fingerprint density at radius 2 is 2.07 bits per heavy atom. The number of hydrogen-bond acceptors (Lipinski definition) is 6. The summed E-state index contributed by atoms with van der Waals surface area (Å²) in [5.74, 6) is 2.50. The highest BCUT2D eigenvalue weighted by Gasteiger charge is 2.26. The molecule has 1 N–H and O–H groups in total. The fourth-order valence-corrected chi connectivity index (χ4v) is 4.04. The van der Waals surface area contributed by atoms with Crippen molar-refractivity contribution in [3.63, 3.8) is 0 Å². The van der Waals surface area contributed by atoms with Gasteiger partial charge in [0.1, 0.15) is 17.4 Å². The average Bonchev–Trinajstić information content (AvgIpc) is 2.73. The molecule has 7 nitrogen and oxygen atoms in total. The van der Waals surface area contributed by atoms with E-state index in [-0.39, 0.29) is 18.6 Å². The van der Waals surface area contributed by atoms with Crippen molar-refractivity contribution in [1.29, 1.82) is 0 Å². The van der Waals surface area contributed by atoms with E-state index in [1.54, 1.807) is 24.5 Å². The van der Waals surface area contributed by atoms with Crippen LogP contribution >= 0.6 is 0 Å². The number of piperidine rings is 1. The number of amides is 1. The largest absolute Gasteiger partial charge is 0.482 e. The van der Waals surface area contributed by atoms with Gasteiger partial charge >= 0.3 is 0 Å². The van der Waals surface area contributed by atoms with Crippen LogP contribution in [-0.2, 0) is 17.6 Å². The normalized spacial score (nSPS) is 17.1. The molecule has 2 aromatic rings. The molecule has 1 aliphatic heterocycles. The van der Waals surface area contributed by atoms with E-state index in [4.69, 9.17) is 9.72 Å². The van der Waals surface area contributed by atoms with E-state index < -0.39 is 0 Å². The fourth-order valence-electron chi connectivity index (χ4n) is 4.04. The van der Waals surface area contributed by atoms with Crippen molar-refractivity contribution in [3.8, 4) is 5.75 Å². The first-order valence-electron chi connectivity index (χ1n) is 10.1. The van der Waals surface area contributed by atoms with Gasteiger partial charge in [-0.05, 0) is 57.6 Å². The summed E-state index contributed by atoms with van der Waals surface area (Å²) < 4.78 is 5.47. The number of nitrogens with one attached hydrogen (secondary N) is 1. The summed E-state index contributed by atoms with van der Waals surface area (Å²) in [4.78, 5) is 27.9. The fraction of sp³-hybridized carbons (Fsp3) is 0.524. The second kappa shape index (κ2) is 8.54. The lowest BCUT2D eigenvalue weighted by Crippen LogP contribution is -2.46. The summed E-state index contributed by atoms with van der Waals surface area (Å²) in [5, 5.41) is 3.09. The van der Waals surface area contributed by atoms with E-state index >= 15 is 0 Å². The molecule has 3 heterocycles. The maximum absolute atomic E-state index is 12.2. The van der Waals surface area contributed by atoms with Gasteiger partial charge in [-0.3, -0.25) is 9.78 Å². The van der Waals surface area contributed by atoms with E-state index in [9.17, 15) is 4.79 Å². The molecule has 0 radical (unpaired) electrons. The Hall–Kier alpha value is -2.70. The number of fused-ring (bicyclic) bond motifs is 1. The highest BCUT2D eigenvalue weighted by Crippen LogP contribution is 2.29. The lowest BCUT2D eigenvalue weighted by atomic mass is 9.95. The Morgan fingerprint density at radius 3 is 2.86 bits per heavy atom. The van der Waals surface area contributed by atoms with E-state index in [2.05, 4.69) is 20.2 Å². The lowest BCUT2D eigenvalue weighted by molar-refractivity contribution is -0.123. The molecule has 2 aliphatic rings. The molecule has 0 bridgehead atoms. The van der Waals surface area contributed by atoms with Crippen LogP contribution in [0.15, 0.2) is 24.5 Å². The van der Waals surface area contributed by atoms with Gasteiger partial charge in [-0.15, -0.1) is 0 Å². The van der Waals surface area contributed by atoms with E-state index in [1.165, 1.54) is 24.1 Å². The number of anilines is 1. The maximum atomic E-state index is 12.2. The van der Waals surface area contributed by atoms with Crippen molar-refractivity contribution >= 4 is 11.7 Å². The molecule has 1 saturated heterocycles. The minimum absolute atomic E-state index is 0.0184. The number of pyridine rings is 1. The van der Waals surface area contributed by atoms with Gasteiger partial charge in [0.25, 0.3) is 5.91 Å². The number of ether oxygens (including phenoxy) is 1. The summed E-state index contributed by atoms with van der Waals surface area (Å²) in [5.41, 5.74) is 2.57. The quantitative estimate of drug-likeness (QED) is 0.855. The third-order valence-electron chi connectivity index (χ3n) is 5.44. The summed E-state index contributed by atoms with van der Waals surface area (Å²) in [6.45, 7) is 3.80. The number of nitrogens with zero attached hydrogens (tertiary/aromatic N) is 4. The number of aryl methyl sites for hydroxylation is 2. The van der Waals surface area contributed by atoms with Crippen molar-refractivity contribution in [3.05, 3.63) is 41.6 Å². The van der Waals surface area contributed by atoms with Gasteiger partial charge in [-0.25, -0.2) is 9.97 Å². The van der Waals surface area contributed by atoms with Crippen LogP contribution in [0.4, 0.5) is 5.82 Å². The zero-order valence-electron chi connectivity index (χ0n) is 16.4. The van der Waals surface area contributed by atoms with Crippen molar-refractivity contribution in [1.82, 2.24) is 20.3 Å². The number of hydrogen-bond donors (Lipinski definition) is 1. The Bertz CT molecular complexity index is 819. The molecule has 1 aliphatic carbocycles. The van der Waals surface area contributed by atoms with E-state index in [1.807, 2.05) is 6.92 Å². The van der Waals surface area contributed by atoms with Crippen molar-refractivity contribution < 1.29 is 9.53 Å². The van der Waals surface area contributed by atoms with Crippen LogP contribution in [0.2, 0.25) is 0 Å². The number of carbonyl (C=O) groups excluding carboxylic acids is 1. The number of rotatable bonds is 5. The summed E-state index contributed by atoms with van der Waals surface area (Å²) in [7, 11) is 0. The molecule has 1 amide bonds. The first-order chi connectivity index (χ1) is 13.7. The lowest BCUT2D eigenvalue weighted by Gasteiger charge is -2.35. The second-order valence-corrected chi connectivity index (χ2v) is 7.53. The Morgan fingerprint density at radius 1 is 1.25 bits per heavy atom. The summed E-state index contributed by atoms with van der Waals surface area (Å²) in [6, 6.07) is 3.76. The highest BCUT2D eigenvalue weighted by atomic mass is 16.5. The predicted octanol–water partition coefficient (Wildman–Crippen LogP) is 2.22. The van der Waals surface area contributed by atoms with Gasteiger partial charge in [0.15, 0.2) is 6.61 Å². The highest BCUT2D eigenvalue weighted by molar-refractivity contribution is 5.77. The molecule has 0 atom stereocenters. The Kier molecular flexibility index (Phi) is 5.69. The minimum Gasteiger partial charge on any atom is -0.482 e. The maximum Gasteiger partial charge on any atom is 0.258 e.